The van der Waals surface area contributed by atoms with E-state index in [1.165, 1.54) is 0 Å². The van der Waals surface area contributed by atoms with Crippen LogP contribution in [0.25, 0.3) is 21.6 Å². The minimum absolute atomic E-state index is 0.128. The number of thiophene rings is 1. The lowest BCUT2D eigenvalue weighted by molar-refractivity contribution is 0.102. The minimum atomic E-state index is -0.225. The van der Waals surface area contributed by atoms with Crippen molar-refractivity contribution in [1.29, 1.82) is 0 Å². The van der Waals surface area contributed by atoms with Crippen molar-refractivity contribution < 1.29 is 14.3 Å². The summed E-state index contributed by atoms with van der Waals surface area (Å²) in [4.78, 5) is 19.0. The molecule has 0 bridgehead atoms. The van der Waals surface area contributed by atoms with Crippen LogP contribution in [0.2, 0.25) is 0 Å². The molecule has 7 nitrogen and oxygen atoms in total. The molecule has 1 aliphatic heterocycles. The molecule has 5 rings (SSSR count). The van der Waals surface area contributed by atoms with Gasteiger partial charge in [-0.25, -0.2) is 9.67 Å². The molecule has 146 valence electrons. The number of nitrogens with one attached hydrogen (secondary N) is 1. The normalized spacial score (nSPS) is 12.7. The number of fused-ring (bicyclic) bond motifs is 2. The van der Waals surface area contributed by atoms with Crippen LogP contribution in [-0.4, -0.2) is 27.5 Å². The number of carbonyl (C=O) groups is 1. The number of rotatable bonds is 4. The summed E-state index contributed by atoms with van der Waals surface area (Å²) in [5, 5.41) is 10.1. The number of amides is 1. The maximum atomic E-state index is 13.2. The van der Waals surface area contributed by atoms with Gasteiger partial charge in [-0.2, -0.15) is 5.10 Å². The van der Waals surface area contributed by atoms with Gasteiger partial charge in [0.1, 0.15) is 0 Å². The van der Waals surface area contributed by atoms with E-state index < -0.39 is 0 Å². The summed E-state index contributed by atoms with van der Waals surface area (Å²) in [6.07, 6.45) is 1.70. The monoisotopic (exact) mass is 406 g/mol. The van der Waals surface area contributed by atoms with E-state index >= 15 is 0 Å². The van der Waals surface area contributed by atoms with Gasteiger partial charge < -0.3 is 14.8 Å². The second kappa shape index (κ2) is 6.89. The fraction of sp³-hybridized carbons (Fsp3) is 0.190. The van der Waals surface area contributed by atoms with Crippen molar-refractivity contribution >= 4 is 34.0 Å². The van der Waals surface area contributed by atoms with Crippen molar-refractivity contribution in [2.45, 2.75) is 19.9 Å². The Bertz CT molecular complexity index is 1210. The zero-order valence-electron chi connectivity index (χ0n) is 15.9. The maximum absolute atomic E-state index is 13.2. The van der Waals surface area contributed by atoms with Crippen LogP contribution in [0.4, 0.5) is 5.69 Å². The summed E-state index contributed by atoms with van der Waals surface area (Å²) in [5.41, 5.74) is 2.62. The van der Waals surface area contributed by atoms with Gasteiger partial charge in [0.05, 0.1) is 27.7 Å². The Balaban J connectivity index is 1.58. The smallest absolute Gasteiger partial charge is 0.256 e. The van der Waals surface area contributed by atoms with Crippen molar-refractivity contribution in [3.63, 3.8) is 0 Å². The highest BCUT2D eigenvalue weighted by Crippen LogP contribution is 2.35. The first kappa shape index (κ1) is 17.7. The molecule has 0 aliphatic carbocycles. The SMILES string of the molecule is CC(C)n1ncc2c(C(=O)Nc3ccc4c(c3)OCO4)cc(-c3cccs3)nc21. The zero-order valence-corrected chi connectivity index (χ0v) is 16.7. The topological polar surface area (TPSA) is 78.3 Å². The largest absolute Gasteiger partial charge is 0.454 e. The van der Waals surface area contributed by atoms with Crippen LogP contribution in [-0.2, 0) is 0 Å². The Hall–Kier alpha value is -3.39. The first-order valence-electron chi connectivity index (χ1n) is 9.23. The number of nitrogens with zero attached hydrogens (tertiary/aromatic N) is 3. The second-order valence-electron chi connectivity index (χ2n) is 6.97. The van der Waals surface area contributed by atoms with Gasteiger partial charge in [-0.15, -0.1) is 11.3 Å². The molecule has 0 saturated carbocycles. The molecule has 8 heteroatoms. The molecule has 0 radical (unpaired) electrons. The molecule has 1 amide bonds. The van der Waals surface area contributed by atoms with Gasteiger partial charge in [0.15, 0.2) is 17.1 Å². The van der Waals surface area contributed by atoms with Crippen molar-refractivity contribution in [3.05, 3.63) is 53.5 Å². The summed E-state index contributed by atoms with van der Waals surface area (Å²) >= 11 is 1.59. The molecule has 0 fully saturated rings. The zero-order chi connectivity index (χ0) is 20.0. The molecule has 29 heavy (non-hydrogen) atoms. The lowest BCUT2D eigenvalue weighted by atomic mass is 10.1. The molecule has 0 unspecified atom stereocenters. The Morgan fingerprint density at radius 1 is 1.21 bits per heavy atom. The number of carbonyl (C=O) groups excluding carboxylic acids is 1. The lowest BCUT2D eigenvalue weighted by Gasteiger charge is -2.11. The van der Waals surface area contributed by atoms with E-state index in [1.54, 1.807) is 35.7 Å². The van der Waals surface area contributed by atoms with Gasteiger partial charge in [-0.3, -0.25) is 4.79 Å². The fourth-order valence-corrected chi connectivity index (χ4v) is 3.99. The molecular weight excluding hydrogens is 388 g/mol. The van der Waals surface area contributed by atoms with E-state index in [-0.39, 0.29) is 18.7 Å². The molecule has 4 aromatic rings. The van der Waals surface area contributed by atoms with E-state index in [9.17, 15) is 4.79 Å². The van der Waals surface area contributed by atoms with E-state index in [4.69, 9.17) is 14.5 Å². The van der Waals surface area contributed by atoms with Crippen LogP contribution in [0.15, 0.2) is 48.0 Å². The first-order chi connectivity index (χ1) is 14.1. The summed E-state index contributed by atoms with van der Waals surface area (Å²) in [7, 11) is 0. The summed E-state index contributed by atoms with van der Waals surface area (Å²) in [6, 6.07) is 11.3. The third kappa shape index (κ3) is 3.11. The lowest BCUT2D eigenvalue weighted by Crippen LogP contribution is -2.13. The standard InChI is InChI=1S/C21H18N4O3S/c1-12(2)25-20-15(10-22-25)14(9-16(24-20)19-4-3-7-29-19)21(26)23-13-5-6-17-18(8-13)28-11-27-17/h3-10,12H,11H2,1-2H3,(H,23,26). The van der Waals surface area contributed by atoms with Gasteiger partial charge in [0.2, 0.25) is 6.79 Å². The highest BCUT2D eigenvalue weighted by Gasteiger charge is 2.20. The second-order valence-corrected chi connectivity index (χ2v) is 7.92. The third-order valence-corrected chi connectivity index (χ3v) is 5.60. The summed E-state index contributed by atoms with van der Waals surface area (Å²) < 4.78 is 12.6. The van der Waals surface area contributed by atoms with E-state index in [2.05, 4.69) is 10.4 Å². The molecule has 1 aliphatic rings. The van der Waals surface area contributed by atoms with Crippen LogP contribution >= 0.6 is 11.3 Å². The molecule has 1 aromatic carbocycles. The molecule has 0 spiro atoms. The number of pyridine rings is 1. The number of hydrogen-bond acceptors (Lipinski definition) is 6. The predicted molar refractivity (Wildman–Crippen MR) is 112 cm³/mol. The number of anilines is 1. The van der Waals surface area contributed by atoms with Crippen LogP contribution in [0.3, 0.4) is 0 Å². The molecular formula is C21H18N4O3S. The van der Waals surface area contributed by atoms with Gasteiger partial charge in [0, 0.05) is 17.8 Å². The van der Waals surface area contributed by atoms with Crippen molar-refractivity contribution in [1.82, 2.24) is 14.8 Å². The van der Waals surface area contributed by atoms with Gasteiger partial charge in [-0.1, -0.05) is 6.07 Å². The molecule has 1 N–H and O–H groups in total. The van der Waals surface area contributed by atoms with Crippen LogP contribution in [0.5, 0.6) is 11.5 Å². The highest BCUT2D eigenvalue weighted by molar-refractivity contribution is 7.13. The minimum Gasteiger partial charge on any atom is -0.454 e. The number of hydrogen-bond donors (Lipinski definition) is 1. The molecule has 3 aromatic heterocycles. The highest BCUT2D eigenvalue weighted by atomic mass is 32.1. The fourth-order valence-electron chi connectivity index (χ4n) is 3.31. The van der Waals surface area contributed by atoms with Gasteiger partial charge in [-0.05, 0) is 43.5 Å². The number of ether oxygens (including phenoxy) is 2. The Morgan fingerprint density at radius 3 is 2.86 bits per heavy atom. The average Bonchev–Trinajstić information content (AvgIpc) is 3.45. The average molecular weight is 406 g/mol. The number of aromatic nitrogens is 3. The van der Waals surface area contributed by atoms with Crippen molar-refractivity contribution in [3.8, 4) is 22.1 Å². The van der Waals surface area contributed by atoms with Crippen LogP contribution in [0, 0.1) is 0 Å². The molecule has 0 atom stereocenters. The number of benzene rings is 1. The Labute approximate surface area is 170 Å². The molecule has 4 heterocycles. The Morgan fingerprint density at radius 2 is 2.07 bits per heavy atom. The third-order valence-electron chi connectivity index (χ3n) is 4.70. The Kier molecular flexibility index (Phi) is 4.21. The quantitative estimate of drug-likeness (QED) is 0.530. The van der Waals surface area contributed by atoms with Gasteiger partial charge >= 0.3 is 0 Å². The van der Waals surface area contributed by atoms with Crippen LogP contribution < -0.4 is 14.8 Å². The maximum Gasteiger partial charge on any atom is 0.256 e. The van der Waals surface area contributed by atoms with Crippen molar-refractivity contribution in [2.75, 3.05) is 12.1 Å². The molecule has 0 saturated heterocycles. The van der Waals surface area contributed by atoms with Crippen molar-refractivity contribution in [2.24, 2.45) is 0 Å². The van der Waals surface area contributed by atoms with Crippen LogP contribution in [0.1, 0.15) is 30.2 Å². The predicted octanol–water partition coefficient (Wildman–Crippen LogP) is 4.72. The van der Waals surface area contributed by atoms with E-state index in [0.29, 0.717) is 28.4 Å². The first-order valence-corrected chi connectivity index (χ1v) is 10.1. The summed E-state index contributed by atoms with van der Waals surface area (Å²) in [5.74, 6) is 1.07. The van der Waals surface area contributed by atoms with Gasteiger partial charge in [0.25, 0.3) is 5.91 Å². The summed E-state index contributed by atoms with van der Waals surface area (Å²) in [6.45, 7) is 4.27. The van der Waals surface area contributed by atoms with E-state index in [1.807, 2.05) is 42.1 Å². The van der Waals surface area contributed by atoms with E-state index in [0.717, 1.165) is 16.0 Å².